The lowest BCUT2D eigenvalue weighted by Crippen LogP contribution is -2.44. The number of rotatable bonds is 2. The number of thioether (sulfide) groups is 1. The van der Waals surface area contributed by atoms with Crippen LogP contribution in [0.15, 0.2) is 6.33 Å². The van der Waals surface area contributed by atoms with E-state index in [1.807, 2.05) is 0 Å². The maximum atomic E-state index is 11.9. The molecular weight excluding hydrogens is 200 g/mol. The van der Waals surface area contributed by atoms with Gasteiger partial charge in [0.25, 0.3) is 0 Å². The number of Topliss-reactive ketones (excluding diaryl/α,β-unsaturated/α-hetero) is 1. The topological polar surface area (TPSA) is 59.8 Å². The third kappa shape index (κ3) is 1.80. The van der Waals surface area contributed by atoms with Crippen molar-refractivity contribution in [3.8, 4) is 0 Å². The number of ketones is 1. The lowest BCUT2D eigenvalue weighted by molar-refractivity contribution is 0.0939. The predicted octanol–water partition coefficient (Wildman–Crippen LogP) is -0.297. The van der Waals surface area contributed by atoms with Gasteiger partial charge in [-0.3, -0.25) is 4.79 Å². The molecule has 5 nitrogen and oxygen atoms in total. The first-order valence-corrected chi connectivity index (χ1v) is 5.64. The molecule has 1 aliphatic heterocycles. The predicted molar refractivity (Wildman–Crippen MR) is 54.4 cm³/mol. The Morgan fingerprint density at radius 2 is 2.64 bits per heavy atom. The van der Waals surface area contributed by atoms with E-state index >= 15 is 0 Å². The first-order valence-electron chi connectivity index (χ1n) is 4.48. The average molecular weight is 212 g/mol. The second-order valence-electron chi connectivity index (χ2n) is 3.21. The summed E-state index contributed by atoms with van der Waals surface area (Å²) in [4.78, 5) is 11.9. The minimum atomic E-state index is -0.100. The van der Waals surface area contributed by atoms with Crippen LogP contribution in [0, 0.1) is 0 Å². The first kappa shape index (κ1) is 9.67. The van der Waals surface area contributed by atoms with Crippen molar-refractivity contribution in [2.24, 2.45) is 7.05 Å². The number of nitrogens with one attached hydrogen (secondary N) is 1. The van der Waals surface area contributed by atoms with E-state index in [9.17, 15) is 4.79 Å². The zero-order chi connectivity index (χ0) is 9.97. The molecule has 1 fully saturated rings. The summed E-state index contributed by atoms with van der Waals surface area (Å²) in [6, 6.07) is -0.100. The van der Waals surface area contributed by atoms with Gasteiger partial charge in [0.05, 0.1) is 6.04 Å². The maximum absolute atomic E-state index is 11.9. The Morgan fingerprint density at radius 1 is 1.79 bits per heavy atom. The zero-order valence-corrected chi connectivity index (χ0v) is 8.75. The third-order valence-electron chi connectivity index (χ3n) is 2.17. The summed E-state index contributed by atoms with van der Waals surface area (Å²) in [6.45, 7) is 0.888. The van der Waals surface area contributed by atoms with Gasteiger partial charge < -0.3 is 9.88 Å². The highest BCUT2D eigenvalue weighted by molar-refractivity contribution is 7.99. The van der Waals surface area contributed by atoms with Crippen molar-refractivity contribution < 1.29 is 4.79 Å². The van der Waals surface area contributed by atoms with Crippen molar-refractivity contribution in [2.45, 2.75) is 6.04 Å². The summed E-state index contributed by atoms with van der Waals surface area (Å²) in [7, 11) is 1.78. The molecule has 6 heteroatoms. The second-order valence-corrected chi connectivity index (χ2v) is 4.36. The number of carbonyl (C=O) groups is 1. The van der Waals surface area contributed by atoms with Crippen LogP contribution in [0.25, 0.3) is 0 Å². The number of aromatic nitrogens is 3. The highest BCUT2D eigenvalue weighted by Gasteiger charge is 2.25. The van der Waals surface area contributed by atoms with Gasteiger partial charge in [-0.15, -0.1) is 10.2 Å². The fraction of sp³-hybridized carbons (Fsp3) is 0.625. The van der Waals surface area contributed by atoms with E-state index in [1.54, 1.807) is 29.7 Å². The molecule has 1 atom stereocenters. The molecular formula is C8H12N4OS. The van der Waals surface area contributed by atoms with Crippen LogP contribution in [0.5, 0.6) is 0 Å². The molecule has 0 radical (unpaired) electrons. The molecule has 2 rings (SSSR count). The second kappa shape index (κ2) is 4.10. The van der Waals surface area contributed by atoms with Crippen molar-refractivity contribution in [2.75, 3.05) is 18.1 Å². The highest BCUT2D eigenvalue weighted by Crippen LogP contribution is 2.10. The minimum Gasteiger partial charge on any atom is -0.314 e. The van der Waals surface area contributed by atoms with Gasteiger partial charge >= 0.3 is 0 Å². The van der Waals surface area contributed by atoms with Gasteiger partial charge in [-0.2, -0.15) is 11.8 Å². The average Bonchev–Trinajstić information content (AvgIpc) is 2.65. The van der Waals surface area contributed by atoms with Crippen LogP contribution in [0.3, 0.4) is 0 Å². The van der Waals surface area contributed by atoms with E-state index in [1.165, 1.54) is 0 Å². The maximum Gasteiger partial charge on any atom is 0.217 e. The van der Waals surface area contributed by atoms with Gasteiger partial charge in [0, 0.05) is 25.1 Å². The lowest BCUT2D eigenvalue weighted by atomic mass is 10.2. The summed E-state index contributed by atoms with van der Waals surface area (Å²) >= 11 is 1.79. The fourth-order valence-electron chi connectivity index (χ4n) is 1.40. The third-order valence-corrected chi connectivity index (χ3v) is 3.23. The van der Waals surface area contributed by atoms with Crippen molar-refractivity contribution in [3.05, 3.63) is 12.2 Å². The summed E-state index contributed by atoms with van der Waals surface area (Å²) in [6.07, 6.45) is 1.54. The Labute approximate surface area is 86.3 Å². The number of hydrogen-bond donors (Lipinski definition) is 1. The monoisotopic (exact) mass is 212 g/mol. The number of nitrogens with zero attached hydrogens (tertiary/aromatic N) is 3. The van der Waals surface area contributed by atoms with Crippen molar-refractivity contribution in [1.29, 1.82) is 0 Å². The smallest absolute Gasteiger partial charge is 0.217 e. The largest absolute Gasteiger partial charge is 0.314 e. The van der Waals surface area contributed by atoms with E-state index in [0.717, 1.165) is 18.1 Å². The molecule has 0 aliphatic carbocycles. The van der Waals surface area contributed by atoms with Gasteiger partial charge in [-0.1, -0.05) is 0 Å². The standard InChI is InChI=1S/C8H12N4OS/c1-12-5-10-11-8(12)7(13)6-4-14-3-2-9-6/h5-6,9H,2-4H2,1H3. The van der Waals surface area contributed by atoms with Crippen molar-refractivity contribution in [1.82, 2.24) is 20.1 Å². The van der Waals surface area contributed by atoms with Crippen LogP contribution in [-0.2, 0) is 7.05 Å². The summed E-state index contributed by atoms with van der Waals surface area (Å²) in [5.74, 6) is 2.37. The molecule has 1 unspecified atom stereocenters. The Kier molecular flexibility index (Phi) is 2.83. The summed E-state index contributed by atoms with van der Waals surface area (Å²) in [5.41, 5.74) is 0. The van der Waals surface area contributed by atoms with Gasteiger partial charge in [-0.25, -0.2) is 0 Å². The van der Waals surface area contributed by atoms with Crippen LogP contribution in [-0.4, -0.2) is 44.6 Å². The SMILES string of the molecule is Cn1cnnc1C(=O)C1CSCCN1. The van der Waals surface area contributed by atoms with Crippen LogP contribution in [0.2, 0.25) is 0 Å². The lowest BCUT2D eigenvalue weighted by Gasteiger charge is -2.21. The van der Waals surface area contributed by atoms with Gasteiger partial charge in [0.2, 0.25) is 11.6 Å². The minimum absolute atomic E-state index is 0.0391. The van der Waals surface area contributed by atoms with E-state index < -0.39 is 0 Å². The number of aryl methyl sites for hydroxylation is 1. The van der Waals surface area contributed by atoms with Crippen molar-refractivity contribution >= 4 is 17.5 Å². The summed E-state index contributed by atoms with van der Waals surface area (Å²) < 4.78 is 1.66. The molecule has 2 heterocycles. The molecule has 14 heavy (non-hydrogen) atoms. The molecule has 1 aliphatic rings. The van der Waals surface area contributed by atoms with Gasteiger partial charge in [0.1, 0.15) is 6.33 Å². The molecule has 1 saturated heterocycles. The van der Waals surface area contributed by atoms with E-state index in [4.69, 9.17) is 0 Å². The Bertz CT molecular complexity index is 332. The van der Waals surface area contributed by atoms with Gasteiger partial charge in [0.15, 0.2) is 0 Å². The normalized spacial score (nSPS) is 22.2. The molecule has 0 amide bonds. The number of carbonyl (C=O) groups excluding carboxylic acids is 1. The summed E-state index contributed by atoms with van der Waals surface area (Å²) in [5, 5.41) is 10.7. The molecule has 1 N–H and O–H groups in total. The van der Waals surface area contributed by atoms with Crippen LogP contribution in [0.1, 0.15) is 10.6 Å². The quantitative estimate of drug-likeness (QED) is 0.682. The van der Waals surface area contributed by atoms with E-state index in [-0.39, 0.29) is 11.8 Å². The van der Waals surface area contributed by atoms with Crippen molar-refractivity contribution in [3.63, 3.8) is 0 Å². The van der Waals surface area contributed by atoms with E-state index in [2.05, 4.69) is 15.5 Å². The Hall–Kier alpha value is -0.880. The molecule has 76 valence electrons. The van der Waals surface area contributed by atoms with Crippen LogP contribution in [0.4, 0.5) is 0 Å². The Balaban J connectivity index is 2.11. The Morgan fingerprint density at radius 3 is 3.21 bits per heavy atom. The van der Waals surface area contributed by atoms with Gasteiger partial charge in [-0.05, 0) is 0 Å². The molecule has 1 aromatic rings. The molecule has 0 spiro atoms. The molecule has 1 aromatic heterocycles. The fourth-order valence-corrected chi connectivity index (χ4v) is 2.33. The highest BCUT2D eigenvalue weighted by atomic mass is 32.2. The molecule has 0 bridgehead atoms. The van der Waals surface area contributed by atoms with E-state index in [0.29, 0.717) is 5.82 Å². The van der Waals surface area contributed by atoms with Crippen LogP contribution < -0.4 is 5.32 Å². The molecule has 0 aromatic carbocycles. The van der Waals surface area contributed by atoms with Crippen LogP contribution >= 0.6 is 11.8 Å². The molecule has 0 saturated carbocycles. The first-order chi connectivity index (χ1) is 6.79. The number of hydrogen-bond acceptors (Lipinski definition) is 5. The zero-order valence-electron chi connectivity index (χ0n) is 7.93.